The molecule has 1 heterocycles. The highest BCUT2D eigenvalue weighted by Crippen LogP contribution is 2.40. The second-order valence-electron chi connectivity index (χ2n) is 6.82. The third kappa shape index (κ3) is 3.96. The van der Waals surface area contributed by atoms with Gasteiger partial charge >= 0.3 is 5.97 Å². The maximum Gasteiger partial charge on any atom is 0.334 e. The molecule has 5 heteroatoms. The van der Waals surface area contributed by atoms with Crippen LogP contribution in [0.1, 0.15) is 53.9 Å². The highest BCUT2D eigenvalue weighted by Gasteiger charge is 2.38. The molecule has 0 aliphatic carbocycles. The van der Waals surface area contributed by atoms with Crippen LogP contribution in [0.25, 0.3) is 0 Å². The first-order chi connectivity index (χ1) is 10.1. The van der Waals surface area contributed by atoms with Crippen LogP contribution in [-0.4, -0.2) is 22.8 Å². The largest absolute Gasteiger partial charge is 0.334 e. The van der Waals surface area contributed by atoms with Crippen molar-refractivity contribution in [3.05, 3.63) is 12.7 Å². The zero-order valence-corrected chi connectivity index (χ0v) is 14.2. The average Bonchev–Trinajstić information content (AvgIpc) is 2.77. The fraction of sp³-hybridized carbons (Fsp3) is 0.706. The molecule has 124 valence electrons. The van der Waals surface area contributed by atoms with Gasteiger partial charge in [-0.1, -0.05) is 40.7 Å². The predicted molar refractivity (Wildman–Crippen MR) is 83.3 cm³/mol. The van der Waals surface area contributed by atoms with Gasteiger partial charge in [0.2, 0.25) is 0 Å². The Bertz CT molecular complexity index is 455. The first-order valence-electron chi connectivity index (χ1n) is 7.82. The zero-order chi connectivity index (χ0) is 17.1. The van der Waals surface area contributed by atoms with Crippen LogP contribution in [0.15, 0.2) is 12.7 Å². The molecule has 22 heavy (non-hydrogen) atoms. The Morgan fingerprint density at radius 1 is 1.27 bits per heavy atom. The summed E-state index contributed by atoms with van der Waals surface area (Å²) in [5.41, 5.74) is -0.452. The van der Waals surface area contributed by atoms with Crippen molar-refractivity contribution in [2.45, 2.75) is 53.9 Å². The molecule has 0 bridgehead atoms. The summed E-state index contributed by atoms with van der Waals surface area (Å²) in [6, 6.07) is 0. The standard InChI is InChI=1S/C17H27NO4/c1-7-17(6,13(5)12(4)11(2)3)10-16(21)22-18-14(19)8-9-15(18)20/h7,11-13H,1,8-10H2,2-6H3. The van der Waals surface area contributed by atoms with Gasteiger partial charge in [-0.15, -0.1) is 11.6 Å². The third-order valence-electron chi connectivity index (χ3n) is 5.07. The van der Waals surface area contributed by atoms with Gasteiger partial charge in [0, 0.05) is 12.8 Å². The van der Waals surface area contributed by atoms with E-state index in [1.165, 1.54) is 0 Å². The molecule has 3 atom stereocenters. The van der Waals surface area contributed by atoms with E-state index in [9.17, 15) is 14.4 Å². The maximum absolute atomic E-state index is 12.1. The highest BCUT2D eigenvalue weighted by molar-refractivity contribution is 6.01. The van der Waals surface area contributed by atoms with Gasteiger partial charge in [-0.05, 0) is 23.2 Å². The molecule has 0 aromatic rings. The quantitative estimate of drug-likeness (QED) is 0.535. The number of hydrogen-bond acceptors (Lipinski definition) is 4. The number of allylic oxidation sites excluding steroid dienone is 1. The lowest BCUT2D eigenvalue weighted by molar-refractivity contribution is -0.199. The third-order valence-corrected chi connectivity index (χ3v) is 5.07. The molecule has 1 fully saturated rings. The van der Waals surface area contributed by atoms with Crippen LogP contribution >= 0.6 is 0 Å². The van der Waals surface area contributed by atoms with Crippen LogP contribution < -0.4 is 0 Å². The van der Waals surface area contributed by atoms with Gasteiger partial charge < -0.3 is 4.84 Å². The number of rotatable bonds is 7. The molecule has 0 spiro atoms. The van der Waals surface area contributed by atoms with Gasteiger partial charge in [0.05, 0.1) is 6.42 Å². The topological polar surface area (TPSA) is 63.7 Å². The first kappa shape index (κ1) is 18.4. The fourth-order valence-corrected chi connectivity index (χ4v) is 2.70. The summed E-state index contributed by atoms with van der Waals surface area (Å²) in [5.74, 6) is -0.404. The van der Waals surface area contributed by atoms with E-state index in [4.69, 9.17) is 4.84 Å². The zero-order valence-electron chi connectivity index (χ0n) is 14.2. The normalized spacial score (nSPS) is 20.7. The predicted octanol–water partition coefficient (Wildman–Crippen LogP) is 3.10. The van der Waals surface area contributed by atoms with E-state index in [1.807, 2.05) is 6.92 Å². The Balaban J connectivity index is 2.76. The van der Waals surface area contributed by atoms with Crippen molar-refractivity contribution in [3.63, 3.8) is 0 Å². The summed E-state index contributed by atoms with van der Waals surface area (Å²) in [6.07, 6.45) is 2.06. The lowest BCUT2D eigenvalue weighted by Crippen LogP contribution is -2.37. The van der Waals surface area contributed by atoms with E-state index in [0.717, 1.165) is 0 Å². The lowest BCUT2D eigenvalue weighted by Gasteiger charge is -2.37. The Labute approximate surface area is 132 Å². The highest BCUT2D eigenvalue weighted by atomic mass is 16.7. The number of hydrogen-bond donors (Lipinski definition) is 0. The number of imide groups is 1. The van der Waals surface area contributed by atoms with Crippen molar-refractivity contribution in [2.75, 3.05) is 0 Å². The van der Waals surface area contributed by atoms with Crippen LogP contribution in [-0.2, 0) is 19.2 Å². The smallest absolute Gasteiger partial charge is 0.330 e. The maximum atomic E-state index is 12.1. The summed E-state index contributed by atoms with van der Waals surface area (Å²) in [4.78, 5) is 40.1. The van der Waals surface area contributed by atoms with Crippen LogP contribution in [0.2, 0.25) is 0 Å². The Morgan fingerprint density at radius 3 is 2.18 bits per heavy atom. The fourth-order valence-electron chi connectivity index (χ4n) is 2.70. The van der Waals surface area contributed by atoms with E-state index >= 15 is 0 Å². The molecule has 1 aliphatic heterocycles. The number of carbonyl (C=O) groups excluding carboxylic acids is 3. The van der Waals surface area contributed by atoms with E-state index in [2.05, 4.69) is 34.3 Å². The Morgan fingerprint density at radius 2 is 1.77 bits per heavy atom. The van der Waals surface area contributed by atoms with Crippen molar-refractivity contribution in [3.8, 4) is 0 Å². The van der Waals surface area contributed by atoms with Gasteiger partial charge in [-0.25, -0.2) is 4.79 Å². The minimum Gasteiger partial charge on any atom is -0.330 e. The second kappa shape index (κ2) is 7.07. The number of carbonyl (C=O) groups is 3. The van der Waals surface area contributed by atoms with Gasteiger partial charge in [0.25, 0.3) is 11.8 Å². The SMILES string of the molecule is C=CC(C)(CC(=O)ON1C(=O)CCC1=O)C(C)C(C)C(C)C. The van der Waals surface area contributed by atoms with Crippen LogP contribution in [0.5, 0.6) is 0 Å². The molecule has 1 rings (SSSR count). The van der Waals surface area contributed by atoms with Crippen molar-refractivity contribution >= 4 is 17.8 Å². The van der Waals surface area contributed by atoms with Crippen LogP contribution in [0.3, 0.4) is 0 Å². The molecule has 3 unspecified atom stereocenters. The summed E-state index contributed by atoms with van der Waals surface area (Å²) >= 11 is 0. The van der Waals surface area contributed by atoms with Crippen LogP contribution in [0.4, 0.5) is 0 Å². The first-order valence-corrected chi connectivity index (χ1v) is 7.82. The van der Waals surface area contributed by atoms with Crippen molar-refractivity contribution < 1.29 is 19.2 Å². The number of nitrogens with zero attached hydrogens (tertiary/aromatic N) is 1. The Kier molecular flexibility index (Phi) is 5.92. The minimum absolute atomic E-state index is 0.0891. The molecule has 5 nitrogen and oxygen atoms in total. The van der Waals surface area contributed by atoms with Gasteiger partial charge in [0.1, 0.15) is 0 Å². The molecule has 1 saturated heterocycles. The molecular formula is C17H27NO4. The van der Waals surface area contributed by atoms with Crippen LogP contribution in [0, 0.1) is 23.2 Å². The summed E-state index contributed by atoms with van der Waals surface area (Å²) in [7, 11) is 0. The van der Waals surface area contributed by atoms with Crippen molar-refractivity contribution in [1.82, 2.24) is 5.06 Å². The second-order valence-corrected chi connectivity index (χ2v) is 6.82. The molecule has 0 aromatic carbocycles. The van der Waals surface area contributed by atoms with Crippen molar-refractivity contribution in [2.24, 2.45) is 23.2 Å². The van der Waals surface area contributed by atoms with E-state index in [-0.39, 0.29) is 25.2 Å². The molecule has 0 aromatic heterocycles. The minimum atomic E-state index is -0.575. The summed E-state index contributed by atoms with van der Waals surface area (Å²) in [5, 5.41) is 0.600. The van der Waals surface area contributed by atoms with E-state index in [0.29, 0.717) is 16.9 Å². The van der Waals surface area contributed by atoms with Gasteiger partial charge in [-0.2, -0.15) is 0 Å². The van der Waals surface area contributed by atoms with Gasteiger partial charge in [-0.3, -0.25) is 9.59 Å². The monoisotopic (exact) mass is 309 g/mol. The lowest BCUT2D eigenvalue weighted by atomic mass is 9.67. The molecule has 0 radical (unpaired) electrons. The molecule has 0 saturated carbocycles. The van der Waals surface area contributed by atoms with E-state index < -0.39 is 23.2 Å². The number of amides is 2. The molecular weight excluding hydrogens is 282 g/mol. The Hall–Kier alpha value is -1.65. The van der Waals surface area contributed by atoms with Gasteiger partial charge in [0.15, 0.2) is 0 Å². The van der Waals surface area contributed by atoms with E-state index in [1.54, 1.807) is 6.08 Å². The molecule has 2 amide bonds. The van der Waals surface area contributed by atoms with Crippen molar-refractivity contribution in [1.29, 1.82) is 0 Å². The molecule has 1 aliphatic rings. The summed E-state index contributed by atoms with van der Waals surface area (Å²) < 4.78 is 0. The number of hydroxylamine groups is 2. The molecule has 0 N–H and O–H groups in total. The average molecular weight is 309 g/mol. The summed E-state index contributed by atoms with van der Waals surface area (Å²) in [6.45, 7) is 14.3.